The molecule has 6 heteroatoms. The second-order valence-corrected chi connectivity index (χ2v) is 6.36. The minimum Gasteiger partial charge on any atom is -0.379 e. The number of guanidine groups is 1. The molecule has 1 aromatic heterocycles. The van der Waals surface area contributed by atoms with Gasteiger partial charge in [0, 0.05) is 40.2 Å². The van der Waals surface area contributed by atoms with Gasteiger partial charge >= 0.3 is 0 Å². The summed E-state index contributed by atoms with van der Waals surface area (Å²) in [6, 6.07) is 8.10. The van der Waals surface area contributed by atoms with E-state index in [-0.39, 0.29) is 0 Å². The summed E-state index contributed by atoms with van der Waals surface area (Å²) in [6.07, 6.45) is 3.50. The Hall–Kier alpha value is -2.08. The number of H-pyrrole nitrogens is 1. The number of ether oxygens (including phenoxy) is 1. The van der Waals surface area contributed by atoms with Crippen molar-refractivity contribution in [2.24, 2.45) is 10.9 Å². The molecule has 0 atom stereocenters. The van der Waals surface area contributed by atoms with E-state index in [4.69, 9.17) is 4.74 Å². The lowest BCUT2D eigenvalue weighted by molar-refractivity contribution is 0.115. The average molecular weight is 329 g/mol. The molecule has 2 aromatic rings. The monoisotopic (exact) mass is 329 g/mol. The first kappa shape index (κ1) is 16.8. The van der Waals surface area contributed by atoms with Crippen molar-refractivity contribution in [1.29, 1.82) is 0 Å². The third-order valence-corrected chi connectivity index (χ3v) is 4.28. The van der Waals surface area contributed by atoms with Crippen molar-refractivity contribution in [2.45, 2.75) is 19.3 Å². The first-order chi connectivity index (χ1) is 11.8. The molecule has 1 aromatic carbocycles. The van der Waals surface area contributed by atoms with Crippen molar-refractivity contribution < 1.29 is 4.74 Å². The molecule has 24 heavy (non-hydrogen) atoms. The van der Waals surface area contributed by atoms with Crippen molar-refractivity contribution in [2.75, 3.05) is 40.4 Å². The van der Waals surface area contributed by atoms with Gasteiger partial charge < -0.3 is 19.9 Å². The van der Waals surface area contributed by atoms with E-state index in [1.807, 2.05) is 38.4 Å². The minimum absolute atomic E-state index is 0.747. The Kier molecular flexibility index (Phi) is 5.69. The van der Waals surface area contributed by atoms with Crippen LogP contribution in [0.2, 0.25) is 0 Å². The summed E-state index contributed by atoms with van der Waals surface area (Å²) >= 11 is 0. The number of likely N-dealkylation sites (N-methyl/N-ethyl adjacent to an activating group) is 1. The van der Waals surface area contributed by atoms with Crippen LogP contribution in [0.5, 0.6) is 0 Å². The van der Waals surface area contributed by atoms with Crippen molar-refractivity contribution in [1.82, 2.24) is 20.2 Å². The molecular formula is C18H27N5O. The van der Waals surface area contributed by atoms with Crippen LogP contribution in [-0.4, -0.2) is 61.2 Å². The molecule has 1 saturated carbocycles. The van der Waals surface area contributed by atoms with Crippen LogP contribution in [0, 0.1) is 5.92 Å². The molecule has 6 nitrogen and oxygen atoms in total. The van der Waals surface area contributed by atoms with Gasteiger partial charge in [0.25, 0.3) is 0 Å². The molecule has 2 N–H and O–H groups in total. The standard InChI is InChI=1S/C18H27N5O/c1-19-18(23(2)11-12-24-13-14-7-8-14)20-10-9-17-21-15-5-3-4-6-16(15)22-17/h3-6,14H,7-13H2,1-2H3,(H,19,20)(H,21,22). The predicted octanol–water partition coefficient (Wildman–Crippen LogP) is 2.04. The maximum Gasteiger partial charge on any atom is 0.193 e. The summed E-state index contributed by atoms with van der Waals surface area (Å²) < 4.78 is 5.69. The summed E-state index contributed by atoms with van der Waals surface area (Å²) in [6.45, 7) is 3.29. The molecule has 0 radical (unpaired) electrons. The van der Waals surface area contributed by atoms with Crippen LogP contribution in [0.15, 0.2) is 29.3 Å². The number of aromatic nitrogens is 2. The molecule has 1 aliphatic rings. The zero-order valence-electron chi connectivity index (χ0n) is 14.6. The van der Waals surface area contributed by atoms with Gasteiger partial charge in [0.05, 0.1) is 17.6 Å². The van der Waals surface area contributed by atoms with Gasteiger partial charge in [-0.15, -0.1) is 0 Å². The normalized spacial score (nSPS) is 15.0. The molecule has 0 aliphatic heterocycles. The molecule has 0 saturated heterocycles. The first-order valence-electron chi connectivity index (χ1n) is 8.69. The van der Waals surface area contributed by atoms with E-state index in [1.165, 1.54) is 12.8 Å². The van der Waals surface area contributed by atoms with Gasteiger partial charge in [0.15, 0.2) is 5.96 Å². The van der Waals surface area contributed by atoms with Crippen molar-refractivity contribution in [3.05, 3.63) is 30.1 Å². The number of para-hydroxylation sites is 2. The van der Waals surface area contributed by atoms with Gasteiger partial charge in [-0.1, -0.05) is 12.1 Å². The quantitative estimate of drug-likeness (QED) is 0.442. The Morgan fingerprint density at radius 2 is 2.25 bits per heavy atom. The van der Waals surface area contributed by atoms with Crippen LogP contribution in [0.3, 0.4) is 0 Å². The minimum atomic E-state index is 0.747. The number of fused-ring (bicyclic) bond motifs is 1. The fourth-order valence-electron chi connectivity index (χ4n) is 2.64. The highest BCUT2D eigenvalue weighted by Crippen LogP contribution is 2.28. The number of benzene rings is 1. The third-order valence-electron chi connectivity index (χ3n) is 4.28. The lowest BCUT2D eigenvalue weighted by Gasteiger charge is -2.21. The summed E-state index contributed by atoms with van der Waals surface area (Å²) in [5.74, 6) is 2.70. The second kappa shape index (κ2) is 8.15. The fourth-order valence-corrected chi connectivity index (χ4v) is 2.64. The van der Waals surface area contributed by atoms with Crippen LogP contribution >= 0.6 is 0 Å². The van der Waals surface area contributed by atoms with E-state index in [0.717, 1.165) is 61.5 Å². The number of nitrogens with zero attached hydrogens (tertiary/aromatic N) is 3. The van der Waals surface area contributed by atoms with Crippen LogP contribution < -0.4 is 5.32 Å². The molecular weight excluding hydrogens is 302 g/mol. The van der Waals surface area contributed by atoms with E-state index < -0.39 is 0 Å². The largest absolute Gasteiger partial charge is 0.379 e. The molecule has 0 bridgehead atoms. The van der Waals surface area contributed by atoms with Gasteiger partial charge in [0.1, 0.15) is 5.82 Å². The summed E-state index contributed by atoms with van der Waals surface area (Å²) in [5, 5.41) is 3.38. The second-order valence-electron chi connectivity index (χ2n) is 6.36. The van der Waals surface area contributed by atoms with E-state index >= 15 is 0 Å². The number of imidazole rings is 1. The van der Waals surface area contributed by atoms with E-state index in [1.54, 1.807) is 0 Å². The predicted molar refractivity (Wildman–Crippen MR) is 97.3 cm³/mol. The number of rotatable bonds is 8. The van der Waals surface area contributed by atoms with Crippen molar-refractivity contribution in [3.8, 4) is 0 Å². The van der Waals surface area contributed by atoms with E-state index in [9.17, 15) is 0 Å². The topological polar surface area (TPSA) is 65.5 Å². The highest BCUT2D eigenvalue weighted by Gasteiger charge is 2.21. The first-order valence-corrected chi connectivity index (χ1v) is 8.69. The number of aliphatic imine (C=N–C) groups is 1. The van der Waals surface area contributed by atoms with Crippen molar-refractivity contribution >= 4 is 17.0 Å². The summed E-state index contributed by atoms with van der Waals surface area (Å²) in [7, 11) is 3.85. The lowest BCUT2D eigenvalue weighted by atomic mass is 10.3. The fraction of sp³-hybridized carbons (Fsp3) is 0.556. The highest BCUT2D eigenvalue weighted by atomic mass is 16.5. The Morgan fingerprint density at radius 3 is 3.00 bits per heavy atom. The van der Waals surface area contributed by atoms with Crippen LogP contribution in [0.25, 0.3) is 11.0 Å². The van der Waals surface area contributed by atoms with Crippen LogP contribution in [-0.2, 0) is 11.2 Å². The Balaban J connectivity index is 1.39. The number of hydrogen-bond acceptors (Lipinski definition) is 3. The SMILES string of the molecule is CN=C(NCCc1nc2ccccc2[nH]1)N(C)CCOCC1CC1. The zero-order chi connectivity index (χ0) is 16.8. The molecule has 0 amide bonds. The Labute approximate surface area is 143 Å². The summed E-state index contributed by atoms with van der Waals surface area (Å²) in [4.78, 5) is 14.4. The molecule has 130 valence electrons. The number of hydrogen-bond donors (Lipinski definition) is 2. The molecule has 0 unspecified atom stereocenters. The maximum absolute atomic E-state index is 5.69. The zero-order valence-corrected chi connectivity index (χ0v) is 14.6. The molecule has 0 spiro atoms. The van der Waals surface area contributed by atoms with Gasteiger partial charge in [0.2, 0.25) is 0 Å². The molecule has 1 aliphatic carbocycles. The Bertz CT molecular complexity index is 644. The molecule has 1 fully saturated rings. The van der Waals surface area contributed by atoms with Gasteiger partial charge in [-0.05, 0) is 30.9 Å². The van der Waals surface area contributed by atoms with Gasteiger partial charge in [-0.2, -0.15) is 0 Å². The van der Waals surface area contributed by atoms with E-state index in [0.29, 0.717) is 0 Å². The third kappa shape index (κ3) is 4.71. The van der Waals surface area contributed by atoms with Gasteiger partial charge in [-0.25, -0.2) is 4.98 Å². The van der Waals surface area contributed by atoms with Crippen molar-refractivity contribution in [3.63, 3.8) is 0 Å². The van der Waals surface area contributed by atoms with Crippen LogP contribution in [0.4, 0.5) is 0 Å². The number of nitrogens with one attached hydrogen (secondary N) is 2. The van der Waals surface area contributed by atoms with Gasteiger partial charge in [-0.3, -0.25) is 4.99 Å². The average Bonchev–Trinajstić information content (AvgIpc) is 3.32. The molecule has 3 rings (SSSR count). The Morgan fingerprint density at radius 1 is 1.42 bits per heavy atom. The lowest BCUT2D eigenvalue weighted by Crippen LogP contribution is -2.41. The molecule has 1 heterocycles. The van der Waals surface area contributed by atoms with Crippen LogP contribution in [0.1, 0.15) is 18.7 Å². The van der Waals surface area contributed by atoms with E-state index in [2.05, 4.69) is 25.2 Å². The summed E-state index contributed by atoms with van der Waals surface area (Å²) in [5.41, 5.74) is 2.10. The number of aromatic amines is 1. The maximum atomic E-state index is 5.69. The highest BCUT2D eigenvalue weighted by molar-refractivity contribution is 5.79. The smallest absolute Gasteiger partial charge is 0.193 e.